The lowest BCUT2D eigenvalue weighted by atomic mass is 9.88. The predicted octanol–water partition coefficient (Wildman–Crippen LogP) is 5.33. The second-order valence-corrected chi connectivity index (χ2v) is 7.95. The van der Waals surface area contributed by atoms with E-state index < -0.39 is 23.3 Å². The number of imide groups is 1. The molecule has 0 saturated carbocycles. The molecule has 0 fully saturated rings. The summed E-state index contributed by atoms with van der Waals surface area (Å²) in [7, 11) is 0. The maximum Gasteiger partial charge on any atom is 0.334 e. The van der Waals surface area contributed by atoms with Gasteiger partial charge < -0.3 is 10.4 Å². The normalized spacial score (nSPS) is 14.9. The zero-order chi connectivity index (χ0) is 22.3. The van der Waals surface area contributed by atoms with Crippen molar-refractivity contribution in [1.82, 2.24) is 4.90 Å². The van der Waals surface area contributed by atoms with Gasteiger partial charge in [-0.05, 0) is 37.3 Å². The largest absolute Gasteiger partial charge is 0.479 e. The Morgan fingerprint density at radius 1 is 0.871 bits per heavy atom. The lowest BCUT2D eigenvalue weighted by molar-refractivity contribution is -0.148. The summed E-state index contributed by atoms with van der Waals surface area (Å²) in [6, 6.07) is 17.7. The number of carboxylic acid groups (broad SMARTS) is 1. The molecule has 2 N–H and O–H groups in total. The van der Waals surface area contributed by atoms with E-state index in [9.17, 15) is 19.5 Å². The lowest BCUT2D eigenvalue weighted by Crippen LogP contribution is -2.53. The molecule has 3 aromatic carbocycles. The number of amides is 2. The fourth-order valence-electron chi connectivity index (χ4n) is 3.70. The highest BCUT2D eigenvalue weighted by atomic mass is 35.5. The monoisotopic (exact) mass is 454 g/mol. The average Bonchev–Trinajstić information content (AvgIpc) is 3.01. The topological polar surface area (TPSA) is 86.7 Å². The number of fused-ring (bicyclic) bond motifs is 1. The highest BCUT2D eigenvalue weighted by Gasteiger charge is 2.53. The van der Waals surface area contributed by atoms with Crippen LogP contribution in [0.5, 0.6) is 0 Å². The van der Waals surface area contributed by atoms with Gasteiger partial charge in [0.15, 0.2) is 5.54 Å². The summed E-state index contributed by atoms with van der Waals surface area (Å²) < 4.78 is 0. The zero-order valence-corrected chi connectivity index (χ0v) is 17.7. The number of carbonyl (C=O) groups is 3. The highest BCUT2D eigenvalue weighted by Crippen LogP contribution is 2.41. The van der Waals surface area contributed by atoms with E-state index in [1.165, 1.54) is 19.1 Å². The fraction of sp³-hybridized carbons (Fsp3) is 0.0870. The van der Waals surface area contributed by atoms with Crippen molar-refractivity contribution < 1.29 is 19.5 Å². The highest BCUT2D eigenvalue weighted by molar-refractivity contribution is 6.39. The van der Waals surface area contributed by atoms with Crippen molar-refractivity contribution >= 4 is 52.4 Å². The molecule has 6 nitrogen and oxygen atoms in total. The first kappa shape index (κ1) is 20.9. The first-order valence-electron chi connectivity index (χ1n) is 9.28. The number of para-hydroxylation sites is 2. The van der Waals surface area contributed by atoms with E-state index in [0.717, 1.165) is 4.90 Å². The molecule has 1 unspecified atom stereocenters. The van der Waals surface area contributed by atoms with E-state index in [1.54, 1.807) is 54.6 Å². The van der Waals surface area contributed by atoms with Gasteiger partial charge in [-0.25, -0.2) is 4.79 Å². The number of hydrogen-bond acceptors (Lipinski definition) is 4. The minimum Gasteiger partial charge on any atom is -0.479 e. The van der Waals surface area contributed by atoms with Crippen molar-refractivity contribution in [2.24, 2.45) is 0 Å². The fourth-order valence-corrected chi connectivity index (χ4v) is 4.19. The van der Waals surface area contributed by atoms with E-state index in [1.807, 2.05) is 0 Å². The lowest BCUT2D eigenvalue weighted by Gasteiger charge is -2.35. The molecule has 0 spiro atoms. The number of carboxylic acids is 1. The number of aliphatic carboxylic acids is 1. The molecule has 2 amide bonds. The summed E-state index contributed by atoms with van der Waals surface area (Å²) in [5.41, 5.74) is -0.732. The van der Waals surface area contributed by atoms with Crippen LogP contribution in [-0.4, -0.2) is 27.8 Å². The Kier molecular flexibility index (Phi) is 5.21. The predicted molar refractivity (Wildman–Crippen MR) is 118 cm³/mol. The van der Waals surface area contributed by atoms with Gasteiger partial charge in [0, 0.05) is 11.3 Å². The number of hydrogen-bond donors (Lipinski definition) is 2. The third kappa shape index (κ3) is 3.24. The van der Waals surface area contributed by atoms with Crippen LogP contribution in [0.2, 0.25) is 10.0 Å². The van der Waals surface area contributed by atoms with Crippen molar-refractivity contribution in [1.29, 1.82) is 0 Å². The number of carbonyl (C=O) groups excluding carboxylic acids is 2. The van der Waals surface area contributed by atoms with E-state index in [0.29, 0.717) is 21.4 Å². The Labute approximate surface area is 188 Å². The van der Waals surface area contributed by atoms with Crippen molar-refractivity contribution in [3.05, 3.63) is 93.5 Å². The SMILES string of the molecule is CC(C(=O)O)(c1ccccc1Nc1c(Cl)cccc1Cl)N1C(=O)c2ccccc2C1=O. The maximum atomic E-state index is 13.1. The Morgan fingerprint density at radius 3 is 1.94 bits per heavy atom. The van der Waals surface area contributed by atoms with Gasteiger partial charge in [-0.1, -0.05) is 59.6 Å². The second-order valence-electron chi connectivity index (χ2n) is 7.14. The van der Waals surface area contributed by atoms with Crippen LogP contribution in [0.15, 0.2) is 66.7 Å². The Balaban J connectivity index is 1.87. The number of anilines is 2. The first-order chi connectivity index (χ1) is 14.8. The van der Waals surface area contributed by atoms with Crippen molar-refractivity contribution in [3.63, 3.8) is 0 Å². The molecular formula is C23H16Cl2N2O4. The Hall–Kier alpha value is -3.35. The van der Waals surface area contributed by atoms with Crippen LogP contribution in [0.25, 0.3) is 0 Å². The average molecular weight is 455 g/mol. The summed E-state index contributed by atoms with van der Waals surface area (Å²) >= 11 is 12.5. The molecule has 0 radical (unpaired) electrons. The van der Waals surface area contributed by atoms with Crippen LogP contribution in [0.1, 0.15) is 33.2 Å². The quantitative estimate of drug-likeness (QED) is 0.508. The van der Waals surface area contributed by atoms with Gasteiger partial charge in [-0.15, -0.1) is 0 Å². The molecule has 3 aromatic rings. The molecular weight excluding hydrogens is 439 g/mol. The molecule has 1 aliphatic heterocycles. The van der Waals surface area contributed by atoms with Gasteiger partial charge >= 0.3 is 5.97 Å². The molecule has 1 aliphatic rings. The van der Waals surface area contributed by atoms with Crippen molar-refractivity contribution in [2.45, 2.75) is 12.5 Å². The van der Waals surface area contributed by atoms with Crippen LogP contribution in [-0.2, 0) is 10.3 Å². The molecule has 4 rings (SSSR count). The van der Waals surface area contributed by atoms with Crippen LogP contribution in [0.3, 0.4) is 0 Å². The van der Waals surface area contributed by atoms with Crippen molar-refractivity contribution in [2.75, 3.05) is 5.32 Å². The molecule has 156 valence electrons. The van der Waals surface area contributed by atoms with E-state index >= 15 is 0 Å². The molecule has 1 atom stereocenters. The van der Waals surface area contributed by atoms with E-state index in [4.69, 9.17) is 23.2 Å². The van der Waals surface area contributed by atoms with Gasteiger partial charge in [0.05, 0.1) is 26.9 Å². The van der Waals surface area contributed by atoms with E-state index in [2.05, 4.69) is 5.32 Å². The second kappa shape index (κ2) is 7.72. The molecule has 0 aliphatic carbocycles. The van der Waals surface area contributed by atoms with Crippen LogP contribution >= 0.6 is 23.2 Å². The third-order valence-corrected chi connectivity index (χ3v) is 5.96. The number of rotatable bonds is 5. The van der Waals surface area contributed by atoms with Crippen molar-refractivity contribution in [3.8, 4) is 0 Å². The molecule has 0 bridgehead atoms. The molecule has 1 heterocycles. The number of nitrogens with zero attached hydrogens (tertiary/aromatic N) is 1. The standard InChI is InChI=1S/C23H16Cl2N2O4/c1-23(22(30)31,27-20(28)13-7-2-3-8-14(13)21(27)29)15-9-4-5-12-18(15)26-19-16(24)10-6-11-17(19)25/h2-12,26H,1H3,(H,30,31). The molecule has 0 saturated heterocycles. The van der Waals surface area contributed by atoms with Gasteiger partial charge in [-0.2, -0.15) is 0 Å². The van der Waals surface area contributed by atoms with Gasteiger partial charge in [0.1, 0.15) is 0 Å². The summed E-state index contributed by atoms with van der Waals surface area (Å²) in [4.78, 5) is 39.5. The molecule has 8 heteroatoms. The Bertz CT molecular complexity index is 1190. The van der Waals surface area contributed by atoms with E-state index in [-0.39, 0.29) is 16.7 Å². The molecule has 31 heavy (non-hydrogen) atoms. The minimum absolute atomic E-state index is 0.166. The minimum atomic E-state index is -2.00. The summed E-state index contributed by atoms with van der Waals surface area (Å²) in [5, 5.41) is 14.0. The zero-order valence-electron chi connectivity index (χ0n) is 16.2. The summed E-state index contributed by atoms with van der Waals surface area (Å²) in [5.74, 6) is -2.70. The third-order valence-electron chi connectivity index (χ3n) is 5.33. The van der Waals surface area contributed by atoms with Gasteiger partial charge in [0.25, 0.3) is 11.8 Å². The summed E-state index contributed by atoms with van der Waals surface area (Å²) in [6.45, 7) is 1.33. The number of benzene rings is 3. The Morgan fingerprint density at radius 2 is 1.39 bits per heavy atom. The number of halogens is 2. The smallest absolute Gasteiger partial charge is 0.334 e. The van der Waals surface area contributed by atoms with Gasteiger partial charge in [0.2, 0.25) is 0 Å². The van der Waals surface area contributed by atoms with Crippen LogP contribution in [0, 0.1) is 0 Å². The first-order valence-corrected chi connectivity index (χ1v) is 10.0. The number of nitrogens with one attached hydrogen (secondary N) is 1. The summed E-state index contributed by atoms with van der Waals surface area (Å²) in [6.07, 6.45) is 0. The van der Waals surface area contributed by atoms with Crippen LogP contribution < -0.4 is 5.32 Å². The molecule has 0 aromatic heterocycles. The maximum absolute atomic E-state index is 13.1. The van der Waals surface area contributed by atoms with Crippen LogP contribution in [0.4, 0.5) is 11.4 Å². The van der Waals surface area contributed by atoms with Gasteiger partial charge in [-0.3, -0.25) is 14.5 Å².